The Bertz CT molecular complexity index is 865. The zero-order valence-electron chi connectivity index (χ0n) is 14.1. The summed E-state index contributed by atoms with van der Waals surface area (Å²) in [5, 5.41) is 10.5. The van der Waals surface area contributed by atoms with Crippen molar-refractivity contribution < 1.29 is 0 Å². The van der Waals surface area contributed by atoms with Crippen LogP contribution in [0.1, 0.15) is 24.0 Å². The molecule has 2 N–H and O–H groups in total. The summed E-state index contributed by atoms with van der Waals surface area (Å²) in [5.41, 5.74) is 5.10. The van der Waals surface area contributed by atoms with Crippen molar-refractivity contribution >= 4 is 27.4 Å². The number of thiophene rings is 1. The number of aromatic nitrogens is 2. The number of aryl methyl sites for hydroxylation is 2. The molecule has 2 aromatic heterocycles. The lowest BCUT2D eigenvalue weighted by atomic mass is 9.99. The van der Waals surface area contributed by atoms with Gasteiger partial charge in [-0.15, -0.1) is 11.3 Å². The summed E-state index contributed by atoms with van der Waals surface area (Å²) >= 11 is 1.69. The van der Waals surface area contributed by atoms with Crippen molar-refractivity contribution in [1.29, 1.82) is 0 Å². The van der Waals surface area contributed by atoms with E-state index in [1.165, 1.54) is 22.3 Å². The zero-order valence-corrected chi connectivity index (χ0v) is 14.9. The van der Waals surface area contributed by atoms with Crippen LogP contribution in [0.3, 0.4) is 0 Å². The number of benzene rings is 1. The van der Waals surface area contributed by atoms with Gasteiger partial charge in [-0.1, -0.05) is 23.8 Å². The lowest BCUT2D eigenvalue weighted by Gasteiger charge is -2.24. The summed E-state index contributed by atoms with van der Waals surface area (Å²) < 4.78 is 0. The summed E-state index contributed by atoms with van der Waals surface area (Å²) in [6.45, 7) is 6.45. The maximum Gasteiger partial charge on any atom is 0.139 e. The van der Waals surface area contributed by atoms with Crippen molar-refractivity contribution in [2.24, 2.45) is 0 Å². The fourth-order valence-electron chi connectivity index (χ4n) is 3.46. The second kappa shape index (κ2) is 6.49. The molecular formula is C19H22N4S. The molecule has 0 saturated carbocycles. The Kier molecular flexibility index (Phi) is 4.21. The van der Waals surface area contributed by atoms with Crippen LogP contribution in [0.2, 0.25) is 0 Å². The molecule has 0 atom stereocenters. The minimum absolute atomic E-state index is 0.483. The molecular weight excluding hydrogens is 316 g/mol. The molecule has 1 saturated heterocycles. The maximum absolute atomic E-state index is 4.57. The molecule has 0 spiro atoms. The summed E-state index contributed by atoms with van der Waals surface area (Å²) in [5.74, 6) is 0.975. The first-order valence-electron chi connectivity index (χ1n) is 8.49. The lowest BCUT2D eigenvalue weighted by molar-refractivity contribution is 0.478. The van der Waals surface area contributed by atoms with Crippen molar-refractivity contribution in [3.05, 3.63) is 41.0 Å². The second-order valence-electron chi connectivity index (χ2n) is 6.54. The third-order valence-electron chi connectivity index (χ3n) is 4.72. The van der Waals surface area contributed by atoms with Gasteiger partial charge in [-0.05, 0) is 50.9 Å². The molecule has 1 aliphatic heterocycles. The van der Waals surface area contributed by atoms with E-state index in [4.69, 9.17) is 0 Å². The van der Waals surface area contributed by atoms with Crippen LogP contribution in [-0.2, 0) is 0 Å². The van der Waals surface area contributed by atoms with E-state index in [9.17, 15) is 0 Å². The predicted molar refractivity (Wildman–Crippen MR) is 102 cm³/mol. The number of nitrogens with zero attached hydrogens (tertiary/aromatic N) is 2. The normalized spacial score (nSPS) is 15.8. The minimum Gasteiger partial charge on any atom is -0.367 e. The molecule has 4 rings (SSSR count). The van der Waals surface area contributed by atoms with E-state index in [1.807, 2.05) is 0 Å². The summed E-state index contributed by atoms with van der Waals surface area (Å²) in [7, 11) is 0. The molecule has 0 amide bonds. The highest BCUT2D eigenvalue weighted by atomic mass is 32.1. The summed E-state index contributed by atoms with van der Waals surface area (Å²) in [6.07, 6.45) is 3.94. The first kappa shape index (κ1) is 15.5. The van der Waals surface area contributed by atoms with Crippen molar-refractivity contribution in [2.45, 2.75) is 32.7 Å². The van der Waals surface area contributed by atoms with E-state index in [2.05, 4.69) is 58.0 Å². The average molecular weight is 338 g/mol. The topological polar surface area (TPSA) is 49.8 Å². The van der Waals surface area contributed by atoms with Crippen LogP contribution in [0.15, 0.2) is 29.9 Å². The second-order valence-corrected chi connectivity index (χ2v) is 7.40. The highest BCUT2D eigenvalue weighted by Gasteiger charge is 2.18. The highest BCUT2D eigenvalue weighted by molar-refractivity contribution is 7.17. The van der Waals surface area contributed by atoms with Gasteiger partial charge in [0.25, 0.3) is 0 Å². The van der Waals surface area contributed by atoms with Crippen LogP contribution >= 0.6 is 11.3 Å². The minimum atomic E-state index is 0.483. The smallest absolute Gasteiger partial charge is 0.139 e. The van der Waals surface area contributed by atoms with Gasteiger partial charge in [-0.25, -0.2) is 9.97 Å². The monoisotopic (exact) mass is 338 g/mol. The van der Waals surface area contributed by atoms with Crippen molar-refractivity contribution in [1.82, 2.24) is 15.3 Å². The fourth-order valence-corrected chi connectivity index (χ4v) is 4.36. The van der Waals surface area contributed by atoms with Crippen LogP contribution < -0.4 is 10.6 Å². The van der Waals surface area contributed by atoms with Gasteiger partial charge in [0.15, 0.2) is 0 Å². The van der Waals surface area contributed by atoms with Gasteiger partial charge in [0, 0.05) is 17.0 Å². The Balaban J connectivity index is 1.79. The molecule has 3 heterocycles. The number of hydrogen-bond donors (Lipinski definition) is 2. The van der Waals surface area contributed by atoms with E-state index in [0.29, 0.717) is 6.04 Å². The fraction of sp³-hybridized carbons (Fsp3) is 0.368. The number of anilines is 1. The molecule has 0 unspecified atom stereocenters. The average Bonchev–Trinajstić information content (AvgIpc) is 3.01. The van der Waals surface area contributed by atoms with E-state index in [0.717, 1.165) is 42.0 Å². The van der Waals surface area contributed by atoms with E-state index in [1.54, 1.807) is 17.7 Å². The lowest BCUT2D eigenvalue weighted by Crippen LogP contribution is -2.35. The molecule has 24 heavy (non-hydrogen) atoms. The summed E-state index contributed by atoms with van der Waals surface area (Å²) in [6, 6.07) is 7.11. The molecule has 0 bridgehead atoms. The summed E-state index contributed by atoms with van der Waals surface area (Å²) in [4.78, 5) is 10.1. The van der Waals surface area contributed by atoms with Gasteiger partial charge in [-0.2, -0.15) is 0 Å². The predicted octanol–water partition coefficient (Wildman–Crippen LogP) is 4.14. The van der Waals surface area contributed by atoms with Gasteiger partial charge in [0.1, 0.15) is 17.0 Å². The van der Waals surface area contributed by atoms with Crippen LogP contribution in [0, 0.1) is 13.8 Å². The van der Waals surface area contributed by atoms with Crippen LogP contribution in [0.25, 0.3) is 21.3 Å². The molecule has 0 radical (unpaired) electrons. The Morgan fingerprint density at radius 2 is 1.96 bits per heavy atom. The van der Waals surface area contributed by atoms with Crippen molar-refractivity contribution in [3.8, 4) is 11.1 Å². The largest absolute Gasteiger partial charge is 0.367 e. The Labute approximate surface area is 146 Å². The Morgan fingerprint density at radius 3 is 2.75 bits per heavy atom. The Hall–Kier alpha value is -1.98. The van der Waals surface area contributed by atoms with Gasteiger partial charge >= 0.3 is 0 Å². The first-order valence-corrected chi connectivity index (χ1v) is 9.37. The molecule has 4 nitrogen and oxygen atoms in total. The van der Waals surface area contributed by atoms with Crippen LogP contribution in [0.5, 0.6) is 0 Å². The van der Waals surface area contributed by atoms with Gasteiger partial charge in [-0.3, -0.25) is 0 Å². The van der Waals surface area contributed by atoms with Crippen molar-refractivity contribution in [3.63, 3.8) is 0 Å². The third-order valence-corrected chi connectivity index (χ3v) is 5.61. The SMILES string of the molecule is Cc1ccc(-c2csc3ncnc(NC4CCNCC4)c23)c(C)c1. The van der Waals surface area contributed by atoms with Gasteiger partial charge < -0.3 is 10.6 Å². The molecule has 0 aliphatic carbocycles. The maximum atomic E-state index is 4.57. The quantitative estimate of drug-likeness (QED) is 0.753. The van der Waals surface area contributed by atoms with Gasteiger partial charge in [0.2, 0.25) is 0 Å². The Morgan fingerprint density at radius 1 is 1.12 bits per heavy atom. The number of rotatable bonds is 3. The molecule has 1 aromatic carbocycles. The molecule has 1 fully saturated rings. The first-order chi connectivity index (χ1) is 11.7. The van der Waals surface area contributed by atoms with E-state index >= 15 is 0 Å². The molecule has 1 aliphatic rings. The highest BCUT2D eigenvalue weighted by Crippen LogP contribution is 2.38. The number of fused-ring (bicyclic) bond motifs is 1. The third kappa shape index (κ3) is 2.89. The molecule has 5 heteroatoms. The number of hydrogen-bond acceptors (Lipinski definition) is 5. The van der Waals surface area contributed by atoms with Crippen LogP contribution in [-0.4, -0.2) is 29.1 Å². The zero-order chi connectivity index (χ0) is 16.5. The molecule has 3 aromatic rings. The van der Waals surface area contributed by atoms with Gasteiger partial charge in [0.05, 0.1) is 5.39 Å². The molecule has 124 valence electrons. The standard InChI is InChI=1S/C19H22N4S/c1-12-3-4-15(13(2)9-12)16-10-24-19-17(16)18(21-11-22-19)23-14-5-7-20-8-6-14/h3-4,9-11,14,20H,5-8H2,1-2H3,(H,21,22,23). The number of piperidine rings is 1. The van der Waals surface area contributed by atoms with E-state index < -0.39 is 0 Å². The number of nitrogens with one attached hydrogen (secondary N) is 2. The van der Waals surface area contributed by atoms with Crippen molar-refractivity contribution in [2.75, 3.05) is 18.4 Å². The van der Waals surface area contributed by atoms with E-state index in [-0.39, 0.29) is 0 Å². The van der Waals surface area contributed by atoms with Crippen LogP contribution in [0.4, 0.5) is 5.82 Å².